The summed E-state index contributed by atoms with van der Waals surface area (Å²) in [5.74, 6) is -0.719. The molecule has 0 spiro atoms. The van der Waals surface area contributed by atoms with Crippen molar-refractivity contribution in [2.75, 3.05) is 11.4 Å². The fourth-order valence-electron chi connectivity index (χ4n) is 1.77. The van der Waals surface area contributed by atoms with Crippen LogP contribution in [0.5, 0.6) is 0 Å². The largest absolute Gasteiger partial charge is 0.477 e. The highest BCUT2D eigenvalue weighted by molar-refractivity contribution is 6.01. The fourth-order valence-corrected chi connectivity index (χ4v) is 1.77. The molecule has 6 heteroatoms. The average molecular weight is 209 g/mol. The first-order valence-corrected chi connectivity index (χ1v) is 4.67. The molecule has 1 aliphatic heterocycles. The van der Waals surface area contributed by atoms with Crippen molar-refractivity contribution in [1.82, 2.24) is 9.78 Å². The Labute approximate surface area is 86.1 Å². The third kappa shape index (κ3) is 1.47. The molecule has 6 nitrogen and oxygen atoms in total. The van der Waals surface area contributed by atoms with Crippen molar-refractivity contribution in [3.8, 4) is 0 Å². The predicted octanol–water partition coefficient (Wildman–Crippen LogP) is 0.245. The van der Waals surface area contributed by atoms with Crippen molar-refractivity contribution in [3.05, 3.63) is 11.8 Å². The van der Waals surface area contributed by atoms with Crippen molar-refractivity contribution in [2.45, 2.75) is 12.8 Å². The van der Waals surface area contributed by atoms with Crippen molar-refractivity contribution in [2.24, 2.45) is 7.05 Å². The smallest absolute Gasteiger partial charge is 0.341 e. The Morgan fingerprint density at radius 1 is 1.60 bits per heavy atom. The summed E-state index contributed by atoms with van der Waals surface area (Å²) < 4.78 is 1.42. The number of carbonyl (C=O) groups is 2. The van der Waals surface area contributed by atoms with E-state index in [1.54, 1.807) is 7.05 Å². The van der Waals surface area contributed by atoms with Crippen LogP contribution in [0.15, 0.2) is 6.20 Å². The van der Waals surface area contributed by atoms with E-state index < -0.39 is 5.97 Å². The van der Waals surface area contributed by atoms with Gasteiger partial charge in [0.15, 0.2) is 0 Å². The van der Waals surface area contributed by atoms with Crippen LogP contribution in [0.4, 0.5) is 5.82 Å². The Hall–Kier alpha value is -1.85. The van der Waals surface area contributed by atoms with Crippen molar-refractivity contribution in [3.63, 3.8) is 0 Å². The van der Waals surface area contributed by atoms with Gasteiger partial charge in [-0.3, -0.25) is 14.4 Å². The number of aromatic carboxylic acids is 1. The zero-order chi connectivity index (χ0) is 11.0. The van der Waals surface area contributed by atoms with Gasteiger partial charge in [-0.15, -0.1) is 0 Å². The van der Waals surface area contributed by atoms with E-state index in [0.29, 0.717) is 18.8 Å². The maximum absolute atomic E-state index is 11.5. The third-order valence-electron chi connectivity index (χ3n) is 2.47. The predicted molar refractivity (Wildman–Crippen MR) is 51.8 cm³/mol. The Morgan fingerprint density at radius 2 is 2.33 bits per heavy atom. The summed E-state index contributed by atoms with van der Waals surface area (Å²) >= 11 is 0. The summed E-state index contributed by atoms with van der Waals surface area (Å²) in [5.41, 5.74) is 0.0766. The molecule has 1 N–H and O–H groups in total. The second-order valence-electron chi connectivity index (χ2n) is 3.46. The molecule has 2 heterocycles. The van der Waals surface area contributed by atoms with Gasteiger partial charge in [-0.05, 0) is 6.42 Å². The second kappa shape index (κ2) is 3.38. The van der Waals surface area contributed by atoms with Gasteiger partial charge >= 0.3 is 5.97 Å². The van der Waals surface area contributed by atoms with Gasteiger partial charge in [-0.1, -0.05) is 0 Å². The molecule has 1 aromatic heterocycles. The number of anilines is 1. The van der Waals surface area contributed by atoms with Gasteiger partial charge in [-0.25, -0.2) is 4.79 Å². The van der Waals surface area contributed by atoms with Crippen LogP contribution in [-0.4, -0.2) is 33.3 Å². The summed E-state index contributed by atoms with van der Waals surface area (Å²) in [5, 5.41) is 12.8. The molecule has 1 amide bonds. The number of aromatic nitrogens is 2. The molecular weight excluding hydrogens is 198 g/mol. The number of hydrogen-bond donors (Lipinski definition) is 1. The number of amides is 1. The van der Waals surface area contributed by atoms with Gasteiger partial charge in [0.1, 0.15) is 11.4 Å². The fraction of sp³-hybridized carbons (Fsp3) is 0.444. The quantitative estimate of drug-likeness (QED) is 0.757. The monoisotopic (exact) mass is 209 g/mol. The van der Waals surface area contributed by atoms with Crippen LogP contribution in [0.1, 0.15) is 23.2 Å². The summed E-state index contributed by atoms with van der Waals surface area (Å²) in [6.07, 6.45) is 2.51. The number of rotatable bonds is 2. The Bertz CT molecular complexity index is 424. The van der Waals surface area contributed by atoms with Crippen LogP contribution in [-0.2, 0) is 11.8 Å². The molecule has 0 saturated carbocycles. The maximum atomic E-state index is 11.5. The van der Waals surface area contributed by atoms with Crippen molar-refractivity contribution < 1.29 is 14.7 Å². The van der Waals surface area contributed by atoms with Crippen LogP contribution < -0.4 is 4.90 Å². The van der Waals surface area contributed by atoms with Crippen LogP contribution >= 0.6 is 0 Å². The van der Waals surface area contributed by atoms with Crippen LogP contribution in [0.3, 0.4) is 0 Å². The lowest BCUT2D eigenvalue weighted by atomic mass is 10.3. The van der Waals surface area contributed by atoms with Gasteiger partial charge < -0.3 is 5.11 Å². The first-order chi connectivity index (χ1) is 7.11. The topological polar surface area (TPSA) is 75.4 Å². The minimum atomic E-state index is -1.06. The molecule has 80 valence electrons. The highest BCUT2D eigenvalue weighted by Gasteiger charge is 2.28. The molecule has 0 radical (unpaired) electrons. The van der Waals surface area contributed by atoms with E-state index in [1.165, 1.54) is 15.8 Å². The van der Waals surface area contributed by atoms with Gasteiger partial charge in [-0.2, -0.15) is 5.10 Å². The van der Waals surface area contributed by atoms with E-state index >= 15 is 0 Å². The molecule has 0 bridgehead atoms. The van der Waals surface area contributed by atoms with E-state index in [9.17, 15) is 9.59 Å². The zero-order valence-corrected chi connectivity index (χ0v) is 8.30. The average Bonchev–Trinajstić information content (AvgIpc) is 2.71. The number of carboxylic acids is 1. The molecule has 1 aliphatic rings. The lowest BCUT2D eigenvalue weighted by Gasteiger charge is -2.16. The van der Waals surface area contributed by atoms with Gasteiger partial charge in [0.25, 0.3) is 0 Å². The molecular formula is C9H11N3O3. The standard InChI is InChI=1S/C9H11N3O3/c1-11-8(6(5-10-11)9(14)15)12-4-2-3-7(12)13/h5H,2-4H2,1H3,(H,14,15). The lowest BCUT2D eigenvalue weighted by molar-refractivity contribution is -0.117. The molecule has 0 unspecified atom stereocenters. The molecule has 1 saturated heterocycles. The molecule has 0 aliphatic carbocycles. The molecule has 1 fully saturated rings. The summed E-state index contributed by atoms with van der Waals surface area (Å²) in [7, 11) is 1.63. The second-order valence-corrected chi connectivity index (χ2v) is 3.46. The lowest BCUT2D eigenvalue weighted by Crippen LogP contribution is -2.27. The van der Waals surface area contributed by atoms with E-state index in [-0.39, 0.29) is 11.5 Å². The van der Waals surface area contributed by atoms with E-state index in [2.05, 4.69) is 5.10 Å². The molecule has 0 atom stereocenters. The van der Waals surface area contributed by atoms with Crippen LogP contribution in [0.2, 0.25) is 0 Å². The Morgan fingerprint density at radius 3 is 2.87 bits per heavy atom. The van der Waals surface area contributed by atoms with E-state index in [0.717, 1.165) is 6.42 Å². The maximum Gasteiger partial charge on any atom is 0.341 e. The highest BCUT2D eigenvalue weighted by atomic mass is 16.4. The minimum absolute atomic E-state index is 0.0406. The van der Waals surface area contributed by atoms with Crippen molar-refractivity contribution >= 4 is 17.7 Å². The first kappa shape index (κ1) is 9.70. The number of carboxylic acid groups (broad SMARTS) is 1. The number of carbonyl (C=O) groups excluding carboxylic acids is 1. The number of hydrogen-bond acceptors (Lipinski definition) is 3. The van der Waals surface area contributed by atoms with E-state index in [4.69, 9.17) is 5.11 Å². The van der Waals surface area contributed by atoms with Gasteiger partial charge in [0.05, 0.1) is 6.20 Å². The van der Waals surface area contributed by atoms with Crippen LogP contribution in [0.25, 0.3) is 0 Å². The molecule has 2 rings (SSSR count). The summed E-state index contributed by atoms with van der Waals surface area (Å²) in [6.45, 7) is 0.568. The SMILES string of the molecule is Cn1ncc(C(=O)O)c1N1CCCC1=O. The van der Waals surface area contributed by atoms with Crippen molar-refractivity contribution in [1.29, 1.82) is 0 Å². The van der Waals surface area contributed by atoms with Gasteiger partial charge in [0.2, 0.25) is 5.91 Å². The number of nitrogens with zero attached hydrogens (tertiary/aromatic N) is 3. The molecule has 15 heavy (non-hydrogen) atoms. The minimum Gasteiger partial charge on any atom is -0.477 e. The molecule has 1 aromatic rings. The first-order valence-electron chi connectivity index (χ1n) is 4.67. The highest BCUT2D eigenvalue weighted by Crippen LogP contribution is 2.24. The summed E-state index contributed by atoms with van der Waals surface area (Å²) in [6, 6.07) is 0. The molecule has 0 aromatic carbocycles. The van der Waals surface area contributed by atoms with Gasteiger partial charge in [0, 0.05) is 20.0 Å². The normalized spacial score (nSPS) is 16.1. The Kier molecular flexibility index (Phi) is 2.18. The van der Waals surface area contributed by atoms with E-state index in [1.807, 2.05) is 0 Å². The third-order valence-corrected chi connectivity index (χ3v) is 2.47. The Balaban J connectivity index is 2.46. The summed E-state index contributed by atoms with van der Waals surface area (Å²) in [4.78, 5) is 23.9. The number of aryl methyl sites for hydroxylation is 1. The van der Waals surface area contributed by atoms with Crippen LogP contribution in [0, 0.1) is 0 Å². The zero-order valence-electron chi connectivity index (χ0n) is 8.30.